The number of ketones is 1. The van der Waals surface area contributed by atoms with Crippen LogP contribution in [0.25, 0.3) is 0 Å². The Hall–Kier alpha value is -1.31. The van der Waals surface area contributed by atoms with Crippen molar-refractivity contribution in [2.45, 2.75) is 26.7 Å². The van der Waals surface area contributed by atoms with Crippen LogP contribution in [0.4, 0.5) is 0 Å². The molecule has 0 N–H and O–H groups in total. The van der Waals surface area contributed by atoms with Gasteiger partial charge in [-0.15, -0.1) is 0 Å². The van der Waals surface area contributed by atoms with Gasteiger partial charge in [-0.25, -0.2) is 0 Å². The lowest BCUT2D eigenvalue weighted by Gasteiger charge is -2.09. The summed E-state index contributed by atoms with van der Waals surface area (Å²) >= 11 is 0. The highest BCUT2D eigenvalue weighted by molar-refractivity contribution is 6.00. The van der Waals surface area contributed by atoms with Crippen molar-refractivity contribution in [1.82, 2.24) is 0 Å². The lowest BCUT2D eigenvalue weighted by atomic mass is 9.95. The van der Waals surface area contributed by atoms with Gasteiger partial charge in [-0.2, -0.15) is 0 Å². The molecule has 0 aliphatic carbocycles. The Labute approximate surface area is 90.3 Å². The summed E-state index contributed by atoms with van der Waals surface area (Å²) in [6.45, 7) is 4.73. The van der Waals surface area contributed by atoms with Crippen LogP contribution in [0.2, 0.25) is 0 Å². The van der Waals surface area contributed by atoms with Crippen LogP contribution in [0.15, 0.2) is 18.2 Å². The Kier molecular flexibility index (Phi) is 2.76. The molecule has 0 radical (unpaired) electrons. The number of hydrogen-bond donors (Lipinski definition) is 0. The molecule has 0 amide bonds. The molecule has 1 atom stereocenters. The number of fused-ring (bicyclic) bond motifs is 1. The molecule has 1 heterocycles. The van der Waals surface area contributed by atoms with E-state index in [2.05, 4.69) is 6.92 Å². The van der Waals surface area contributed by atoms with Crippen molar-refractivity contribution in [2.75, 3.05) is 6.61 Å². The number of benzene rings is 1. The summed E-state index contributed by atoms with van der Waals surface area (Å²) in [6.07, 6.45) is 1.62. The van der Waals surface area contributed by atoms with Crippen molar-refractivity contribution in [1.29, 1.82) is 0 Å². The number of carbonyl (C=O) groups excluding carboxylic acids is 1. The van der Waals surface area contributed by atoms with Gasteiger partial charge in [-0.05, 0) is 30.9 Å². The minimum atomic E-state index is 0.229. The van der Waals surface area contributed by atoms with Crippen molar-refractivity contribution in [2.24, 2.45) is 5.92 Å². The van der Waals surface area contributed by atoms with E-state index in [1.165, 1.54) is 0 Å². The van der Waals surface area contributed by atoms with E-state index in [9.17, 15) is 4.79 Å². The van der Waals surface area contributed by atoms with Gasteiger partial charge in [-0.1, -0.05) is 19.1 Å². The second kappa shape index (κ2) is 4.05. The first kappa shape index (κ1) is 10.2. The first-order chi connectivity index (χ1) is 7.22. The average molecular weight is 204 g/mol. The van der Waals surface area contributed by atoms with Gasteiger partial charge in [0.1, 0.15) is 5.75 Å². The third-order valence-electron chi connectivity index (χ3n) is 3.04. The van der Waals surface area contributed by atoms with E-state index in [0.29, 0.717) is 18.9 Å². The number of Topliss-reactive ketones (excluding diaryl/α,β-unsaturated/α-hetero) is 1. The maximum atomic E-state index is 12.0. The second-order valence-electron chi connectivity index (χ2n) is 4.16. The van der Waals surface area contributed by atoms with E-state index in [4.69, 9.17) is 4.74 Å². The van der Waals surface area contributed by atoms with Crippen LogP contribution in [0, 0.1) is 12.8 Å². The van der Waals surface area contributed by atoms with Gasteiger partial charge >= 0.3 is 0 Å². The molecule has 0 unspecified atom stereocenters. The normalized spacial score (nSPS) is 20.4. The molecule has 0 saturated carbocycles. The largest absolute Gasteiger partial charge is 0.493 e. The van der Waals surface area contributed by atoms with Crippen molar-refractivity contribution in [3.05, 3.63) is 29.3 Å². The maximum Gasteiger partial charge on any atom is 0.167 e. The minimum Gasteiger partial charge on any atom is -0.493 e. The molecule has 1 aliphatic rings. The predicted molar refractivity (Wildman–Crippen MR) is 59.4 cm³/mol. The topological polar surface area (TPSA) is 26.3 Å². The Morgan fingerprint density at radius 3 is 3.00 bits per heavy atom. The number of hydrogen-bond acceptors (Lipinski definition) is 2. The SMILES string of the molecule is CC[C@H]1COc2cccc(C)c2C(=O)C1. The summed E-state index contributed by atoms with van der Waals surface area (Å²) in [5.74, 6) is 1.35. The van der Waals surface area contributed by atoms with Crippen LogP contribution in [-0.4, -0.2) is 12.4 Å². The molecule has 1 aromatic carbocycles. The predicted octanol–water partition coefficient (Wildman–Crippen LogP) is 2.99. The Morgan fingerprint density at radius 2 is 2.27 bits per heavy atom. The summed E-state index contributed by atoms with van der Waals surface area (Å²) in [5, 5.41) is 0. The second-order valence-corrected chi connectivity index (χ2v) is 4.16. The van der Waals surface area contributed by atoms with Crippen molar-refractivity contribution >= 4 is 5.78 Å². The Bertz CT molecular complexity index is 382. The summed E-state index contributed by atoms with van der Waals surface area (Å²) in [4.78, 5) is 12.0. The van der Waals surface area contributed by atoms with Crippen molar-refractivity contribution in [3.8, 4) is 5.75 Å². The van der Waals surface area contributed by atoms with E-state index < -0.39 is 0 Å². The molecule has 1 aromatic rings. The monoisotopic (exact) mass is 204 g/mol. The zero-order chi connectivity index (χ0) is 10.8. The lowest BCUT2D eigenvalue weighted by Crippen LogP contribution is -2.11. The molecule has 0 saturated heterocycles. The van der Waals surface area contributed by atoms with E-state index >= 15 is 0 Å². The van der Waals surface area contributed by atoms with Crippen LogP contribution in [-0.2, 0) is 0 Å². The minimum absolute atomic E-state index is 0.229. The quantitative estimate of drug-likeness (QED) is 0.703. The van der Waals surface area contributed by atoms with E-state index in [1.807, 2.05) is 25.1 Å². The van der Waals surface area contributed by atoms with Gasteiger partial charge in [0.25, 0.3) is 0 Å². The molecule has 1 aliphatic heterocycles. The fraction of sp³-hybridized carbons (Fsp3) is 0.462. The number of carbonyl (C=O) groups is 1. The van der Waals surface area contributed by atoms with E-state index in [0.717, 1.165) is 23.3 Å². The van der Waals surface area contributed by atoms with Crippen LogP contribution in [0.1, 0.15) is 35.7 Å². The third-order valence-corrected chi connectivity index (χ3v) is 3.04. The van der Waals surface area contributed by atoms with Crippen LogP contribution in [0.5, 0.6) is 5.75 Å². The maximum absolute atomic E-state index is 12.0. The summed E-state index contributed by atoms with van der Waals surface area (Å²) in [5.41, 5.74) is 1.81. The molecule has 0 fully saturated rings. The number of aryl methyl sites for hydroxylation is 1. The van der Waals surface area contributed by atoms with E-state index in [1.54, 1.807) is 0 Å². The Morgan fingerprint density at radius 1 is 1.47 bits per heavy atom. The van der Waals surface area contributed by atoms with Gasteiger partial charge in [0, 0.05) is 6.42 Å². The van der Waals surface area contributed by atoms with Gasteiger partial charge in [0.15, 0.2) is 5.78 Å². The molecular formula is C13H16O2. The number of rotatable bonds is 1. The third kappa shape index (κ3) is 1.89. The first-order valence-electron chi connectivity index (χ1n) is 5.48. The van der Waals surface area contributed by atoms with Crippen LogP contribution < -0.4 is 4.74 Å². The van der Waals surface area contributed by atoms with Gasteiger partial charge in [0.2, 0.25) is 0 Å². The van der Waals surface area contributed by atoms with E-state index in [-0.39, 0.29) is 5.78 Å². The highest BCUT2D eigenvalue weighted by Gasteiger charge is 2.23. The Balaban J connectivity index is 2.40. The lowest BCUT2D eigenvalue weighted by molar-refractivity contribution is 0.0960. The van der Waals surface area contributed by atoms with Crippen molar-refractivity contribution < 1.29 is 9.53 Å². The average Bonchev–Trinajstić information content (AvgIpc) is 2.39. The van der Waals surface area contributed by atoms with Gasteiger partial charge in [0.05, 0.1) is 12.2 Å². The fourth-order valence-electron chi connectivity index (χ4n) is 2.01. The molecule has 0 bridgehead atoms. The molecular weight excluding hydrogens is 188 g/mol. The zero-order valence-corrected chi connectivity index (χ0v) is 9.25. The highest BCUT2D eigenvalue weighted by Crippen LogP contribution is 2.29. The summed E-state index contributed by atoms with van der Waals surface area (Å²) < 4.78 is 5.68. The van der Waals surface area contributed by atoms with Gasteiger partial charge in [-0.3, -0.25) is 4.79 Å². The standard InChI is InChI=1S/C13H16O2/c1-3-10-7-11(14)13-9(2)5-4-6-12(13)15-8-10/h4-6,10H,3,7-8H2,1-2H3/t10-/m1/s1. The summed E-state index contributed by atoms with van der Waals surface area (Å²) in [7, 11) is 0. The molecule has 0 spiro atoms. The smallest absolute Gasteiger partial charge is 0.167 e. The van der Waals surface area contributed by atoms with Crippen LogP contribution >= 0.6 is 0 Å². The first-order valence-corrected chi connectivity index (χ1v) is 5.48. The fourth-order valence-corrected chi connectivity index (χ4v) is 2.01. The molecule has 2 heteroatoms. The van der Waals surface area contributed by atoms with Crippen molar-refractivity contribution in [3.63, 3.8) is 0 Å². The molecule has 80 valence electrons. The number of ether oxygens (including phenoxy) is 1. The molecule has 0 aromatic heterocycles. The van der Waals surface area contributed by atoms with Crippen LogP contribution in [0.3, 0.4) is 0 Å². The van der Waals surface area contributed by atoms with Gasteiger partial charge < -0.3 is 4.74 Å². The summed E-state index contributed by atoms with van der Waals surface area (Å²) in [6, 6.07) is 5.79. The molecule has 2 rings (SSSR count). The molecule has 2 nitrogen and oxygen atoms in total. The molecule has 15 heavy (non-hydrogen) atoms. The highest BCUT2D eigenvalue weighted by atomic mass is 16.5. The zero-order valence-electron chi connectivity index (χ0n) is 9.25.